The van der Waals surface area contributed by atoms with Crippen LogP contribution in [0, 0.1) is 0 Å². The molecule has 1 aromatic heterocycles. The minimum atomic E-state index is 0.0249. The van der Waals surface area contributed by atoms with Crippen molar-refractivity contribution in [1.82, 2.24) is 9.88 Å². The lowest BCUT2D eigenvalue weighted by Crippen LogP contribution is -2.11. The van der Waals surface area contributed by atoms with Gasteiger partial charge in [-0.15, -0.1) is 0 Å². The van der Waals surface area contributed by atoms with Crippen molar-refractivity contribution in [1.29, 1.82) is 0 Å². The summed E-state index contributed by atoms with van der Waals surface area (Å²) in [5.41, 5.74) is 0.986. The van der Waals surface area contributed by atoms with Crippen molar-refractivity contribution in [3.63, 3.8) is 0 Å². The third-order valence-electron chi connectivity index (χ3n) is 1.06. The number of rotatable bonds is 2. The zero-order chi connectivity index (χ0) is 7.56. The molecule has 0 bridgehead atoms. The molecule has 0 radical (unpaired) electrons. The van der Waals surface area contributed by atoms with Gasteiger partial charge in [0.25, 0.3) is 0 Å². The monoisotopic (exact) mass is 158 g/mol. The zero-order valence-electron chi connectivity index (χ0n) is 6.05. The van der Waals surface area contributed by atoms with E-state index in [1.807, 2.05) is 24.4 Å². The van der Waals surface area contributed by atoms with Gasteiger partial charge in [0, 0.05) is 17.6 Å². The van der Waals surface area contributed by atoms with Gasteiger partial charge < -0.3 is 9.88 Å². The van der Waals surface area contributed by atoms with Crippen LogP contribution in [0.3, 0.4) is 0 Å². The summed E-state index contributed by atoms with van der Waals surface area (Å²) in [6.45, 7) is 0.804. The fourth-order valence-electron chi connectivity index (χ4n) is 0.732. The molecule has 1 rings (SSSR count). The van der Waals surface area contributed by atoms with Crippen LogP contribution >= 0.6 is 11.3 Å². The quantitative estimate of drug-likeness (QED) is 0.680. The van der Waals surface area contributed by atoms with Crippen LogP contribution in [0.25, 0.3) is 0 Å². The van der Waals surface area contributed by atoms with Crippen LogP contribution in [0.5, 0.6) is 0 Å². The Kier molecular flexibility index (Phi) is 2.24. The number of nitrogens with zero attached hydrogens (tertiary/aromatic N) is 1. The summed E-state index contributed by atoms with van der Waals surface area (Å²) in [6, 6.07) is 0. The number of thiazole rings is 1. The molecule has 1 heterocycles. The Labute approximate surface area is 63.3 Å². The molecular formula is C6H10N2OS. The first kappa shape index (κ1) is 7.50. The molecule has 1 N–H and O–H groups in total. The Morgan fingerprint density at radius 3 is 2.80 bits per heavy atom. The molecule has 0 aliphatic rings. The van der Waals surface area contributed by atoms with Crippen LogP contribution in [-0.2, 0) is 6.54 Å². The first-order valence-electron chi connectivity index (χ1n) is 3.00. The van der Waals surface area contributed by atoms with Gasteiger partial charge in [0.2, 0.25) is 0 Å². The highest BCUT2D eigenvalue weighted by molar-refractivity contribution is 7.07. The van der Waals surface area contributed by atoms with Gasteiger partial charge in [0.05, 0.1) is 0 Å². The smallest absolute Gasteiger partial charge is 0.304 e. The predicted molar refractivity (Wildman–Crippen MR) is 42.3 cm³/mol. The molecule has 1 aromatic rings. The average Bonchev–Trinajstić information content (AvgIpc) is 2.13. The molecule has 0 saturated heterocycles. The molecule has 10 heavy (non-hydrogen) atoms. The second kappa shape index (κ2) is 2.98. The second-order valence-corrected chi connectivity index (χ2v) is 3.25. The van der Waals surface area contributed by atoms with E-state index in [-0.39, 0.29) is 4.87 Å². The molecule has 0 aromatic carbocycles. The molecular weight excluding hydrogens is 148 g/mol. The lowest BCUT2D eigenvalue weighted by molar-refractivity contribution is 0.397. The number of hydrogen-bond donors (Lipinski definition) is 1. The van der Waals surface area contributed by atoms with E-state index in [0.29, 0.717) is 0 Å². The van der Waals surface area contributed by atoms with Crippen LogP contribution in [-0.4, -0.2) is 24.0 Å². The molecule has 0 atom stereocenters. The number of H-pyrrole nitrogens is 1. The fraction of sp³-hybridized carbons (Fsp3) is 0.500. The van der Waals surface area contributed by atoms with Gasteiger partial charge in [0.15, 0.2) is 0 Å². The minimum absolute atomic E-state index is 0.0249. The van der Waals surface area contributed by atoms with Gasteiger partial charge in [-0.2, -0.15) is 0 Å². The summed E-state index contributed by atoms with van der Waals surface area (Å²) in [5.74, 6) is 0. The standard InChI is InChI=1S/C6H10N2OS/c1-8(2)3-5-4-10-6(9)7-5/h4H,3H2,1-2H3,(H,7,9). The van der Waals surface area contributed by atoms with E-state index in [4.69, 9.17) is 0 Å². The van der Waals surface area contributed by atoms with Gasteiger partial charge >= 0.3 is 4.87 Å². The molecule has 0 spiro atoms. The maximum Gasteiger partial charge on any atom is 0.304 e. The first-order valence-corrected chi connectivity index (χ1v) is 3.88. The molecule has 0 aliphatic carbocycles. The van der Waals surface area contributed by atoms with Gasteiger partial charge in [0.1, 0.15) is 0 Å². The van der Waals surface area contributed by atoms with Crippen molar-refractivity contribution in [3.8, 4) is 0 Å². The second-order valence-electron chi connectivity index (χ2n) is 2.41. The van der Waals surface area contributed by atoms with Crippen molar-refractivity contribution >= 4 is 11.3 Å². The van der Waals surface area contributed by atoms with E-state index in [9.17, 15) is 4.79 Å². The molecule has 4 heteroatoms. The lowest BCUT2D eigenvalue weighted by Gasteiger charge is -2.05. The molecule has 0 fully saturated rings. The Morgan fingerprint density at radius 1 is 1.70 bits per heavy atom. The van der Waals surface area contributed by atoms with Crippen molar-refractivity contribution in [2.45, 2.75) is 6.54 Å². The zero-order valence-corrected chi connectivity index (χ0v) is 6.86. The van der Waals surface area contributed by atoms with Crippen LogP contribution in [0.2, 0.25) is 0 Å². The van der Waals surface area contributed by atoms with E-state index in [1.54, 1.807) is 0 Å². The largest absolute Gasteiger partial charge is 0.315 e. The van der Waals surface area contributed by atoms with Crippen molar-refractivity contribution in [2.75, 3.05) is 14.1 Å². The Morgan fingerprint density at radius 2 is 2.40 bits per heavy atom. The maximum absolute atomic E-state index is 10.6. The van der Waals surface area contributed by atoms with Crippen LogP contribution in [0.1, 0.15) is 5.69 Å². The number of aromatic amines is 1. The van der Waals surface area contributed by atoms with Crippen LogP contribution in [0.4, 0.5) is 0 Å². The molecule has 56 valence electrons. The van der Waals surface area contributed by atoms with Gasteiger partial charge in [-0.25, -0.2) is 0 Å². The van der Waals surface area contributed by atoms with E-state index in [1.165, 1.54) is 11.3 Å². The van der Waals surface area contributed by atoms with E-state index < -0.39 is 0 Å². The highest BCUT2D eigenvalue weighted by Crippen LogP contribution is 1.97. The summed E-state index contributed by atoms with van der Waals surface area (Å²) in [6.07, 6.45) is 0. The summed E-state index contributed by atoms with van der Waals surface area (Å²) >= 11 is 1.21. The van der Waals surface area contributed by atoms with E-state index in [2.05, 4.69) is 4.98 Å². The van der Waals surface area contributed by atoms with Gasteiger partial charge in [-0.1, -0.05) is 11.3 Å². The topological polar surface area (TPSA) is 36.1 Å². The molecule has 0 saturated carbocycles. The molecule has 0 aliphatic heterocycles. The highest BCUT2D eigenvalue weighted by atomic mass is 32.1. The van der Waals surface area contributed by atoms with E-state index >= 15 is 0 Å². The molecule has 0 unspecified atom stereocenters. The summed E-state index contributed by atoms with van der Waals surface area (Å²) < 4.78 is 0. The maximum atomic E-state index is 10.6. The Bertz CT molecular complexity index is 250. The van der Waals surface area contributed by atoms with Gasteiger partial charge in [-0.05, 0) is 14.1 Å². The SMILES string of the molecule is CN(C)Cc1csc(=O)[nH]1. The van der Waals surface area contributed by atoms with Crippen LogP contribution < -0.4 is 4.87 Å². The normalized spacial score (nSPS) is 10.7. The number of nitrogens with one attached hydrogen (secondary N) is 1. The van der Waals surface area contributed by atoms with Gasteiger partial charge in [-0.3, -0.25) is 4.79 Å². The third kappa shape index (κ3) is 1.97. The highest BCUT2D eigenvalue weighted by Gasteiger charge is 1.96. The van der Waals surface area contributed by atoms with Crippen LogP contribution in [0.15, 0.2) is 10.2 Å². The van der Waals surface area contributed by atoms with Crippen molar-refractivity contribution < 1.29 is 0 Å². The first-order chi connectivity index (χ1) is 4.68. The number of hydrogen-bond acceptors (Lipinski definition) is 3. The Balaban J connectivity index is 2.67. The van der Waals surface area contributed by atoms with Crippen molar-refractivity contribution in [3.05, 3.63) is 20.7 Å². The van der Waals surface area contributed by atoms with Crippen molar-refractivity contribution in [2.24, 2.45) is 0 Å². The summed E-state index contributed by atoms with van der Waals surface area (Å²) in [5, 5.41) is 1.85. The molecule has 3 nitrogen and oxygen atoms in total. The summed E-state index contributed by atoms with van der Waals surface area (Å²) in [4.78, 5) is 15.4. The predicted octanol–water partition coefficient (Wildman–Crippen LogP) is 0.498. The Hall–Kier alpha value is -0.610. The third-order valence-corrected chi connectivity index (χ3v) is 1.78. The van der Waals surface area contributed by atoms with E-state index in [0.717, 1.165) is 12.2 Å². The molecule has 0 amide bonds. The lowest BCUT2D eigenvalue weighted by atomic mass is 10.5. The number of aromatic nitrogens is 1. The fourth-order valence-corrected chi connectivity index (χ4v) is 1.30. The minimum Gasteiger partial charge on any atom is -0.315 e. The summed E-state index contributed by atoms with van der Waals surface area (Å²) in [7, 11) is 3.94. The average molecular weight is 158 g/mol.